The first-order chi connectivity index (χ1) is 9.53. The van der Waals surface area contributed by atoms with Gasteiger partial charge in [0, 0.05) is 9.37 Å². The monoisotopic (exact) mass is 371 g/mol. The average Bonchev–Trinajstić information content (AvgIpc) is 2.41. The van der Waals surface area contributed by atoms with Crippen molar-refractivity contribution in [1.29, 1.82) is 0 Å². The summed E-state index contributed by atoms with van der Waals surface area (Å²) in [5.41, 5.74) is 0.610. The van der Waals surface area contributed by atoms with E-state index in [1.807, 2.05) is 25.1 Å². The Hall–Kier alpha value is -0.980. The van der Waals surface area contributed by atoms with E-state index in [0.717, 1.165) is 15.1 Å². The Balaban J connectivity index is 2.34. The lowest BCUT2D eigenvalue weighted by Gasteiger charge is -2.12. The Morgan fingerprint density at radius 3 is 2.60 bits per heavy atom. The minimum absolute atomic E-state index is 0.239. The Morgan fingerprint density at radius 1 is 1.15 bits per heavy atom. The predicted molar refractivity (Wildman–Crippen MR) is 87.8 cm³/mol. The normalized spacial score (nSPS) is 11.3. The first-order valence-corrected chi connectivity index (χ1v) is 9.29. The largest absolute Gasteiger partial charge is 0.278 e. The third kappa shape index (κ3) is 3.77. The zero-order chi connectivity index (χ0) is 14.6. The van der Waals surface area contributed by atoms with Crippen molar-refractivity contribution in [2.45, 2.75) is 16.7 Å². The number of sulfonamides is 1. The number of benzene rings is 2. The lowest BCUT2D eigenvalue weighted by molar-refractivity contribution is 0.601. The van der Waals surface area contributed by atoms with Crippen molar-refractivity contribution < 1.29 is 8.42 Å². The fraction of sp³-hybridized carbons (Fsp3) is 0.143. The van der Waals surface area contributed by atoms with Crippen LogP contribution in [0.4, 0.5) is 5.69 Å². The van der Waals surface area contributed by atoms with E-state index in [2.05, 4.69) is 20.7 Å². The van der Waals surface area contributed by atoms with Gasteiger partial charge in [0.2, 0.25) is 0 Å². The minimum Gasteiger partial charge on any atom is -0.278 e. The Kier molecular flexibility index (Phi) is 5.12. The van der Waals surface area contributed by atoms with Crippen LogP contribution in [0.3, 0.4) is 0 Å². The van der Waals surface area contributed by atoms with Gasteiger partial charge in [-0.3, -0.25) is 4.72 Å². The van der Waals surface area contributed by atoms with Gasteiger partial charge in [-0.1, -0.05) is 41.1 Å². The fourth-order valence-electron chi connectivity index (χ4n) is 1.67. The quantitative estimate of drug-likeness (QED) is 0.794. The predicted octanol–water partition coefficient (Wildman–Crippen LogP) is 4.36. The van der Waals surface area contributed by atoms with Gasteiger partial charge in [-0.15, -0.1) is 11.8 Å². The van der Waals surface area contributed by atoms with Crippen LogP contribution in [0.1, 0.15) is 6.92 Å². The summed E-state index contributed by atoms with van der Waals surface area (Å²) in [6.07, 6.45) is 0. The van der Waals surface area contributed by atoms with E-state index >= 15 is 0 Å². The number of halogens is 1. The van der Waals surface area contributed by atoms with Crippen LogP contribution in [0.25, 0.3) is 0 Å². The second kappa shape index (κ2) is 6.65. The number of para-hydroxylation sites is 1. The molecule has 0 fully saturated rings. The number of rotatable bonds is 5. The van der Waals surface area contributed by atoms with Gasteiger partial charge in [0.15, 0.2) is 0 Å². The van der Waals surface area contributed by atoms with Crippen LogP contribution in [-0.4, -0.2) is 14.2 Å². The highest BCUT2D eigenvalue weighted by Gasteiger charge is 2.16. The van der Waals surface area contributed by atoms with Gasteiger partial charge in [-0.05, 0) is 36.1 Å². The van der Waals surface area contributed by atoms with Crippen molar-refractivity contribution in [2.75, 3.05) is 10.5 Å². The van der Waals surface area contributed by atoms with Crippen LogP contribution >= 0.6 is 27.7 Å². The molecule has 0 aliphatic carbocycles. The van der Waals surface area contributed by atoms with Crippen LogP contribution in [0.5, 0.6) is 0 Å². The van der Waals surface area contributed by atoms with Gasteiger partial charge in [0.1, 0.15) is 0 Å². The summed E-state index contributed by atoms with van der Waals surface area (Å²) in [5.74, 6) is 0.885. The van der Waals surface area contributed by atoms with E-state index in [4.69, 9.17) is 0 Å². The molecular formula is C14H14BrNO2S2. The van der Waals surface area contributed by atoms with Crippen LogP contribution in [-0.2, 0) is 10.0 Å². The molecule has 6 heteroatoms. The van der Waals surface area contributed by atoms with E-state index in [-0.39, 0.29) is 4.90 Å². The highest BCUT2D eigenvalue weighted by molar-refractivity contribution is 9.10. The van der Waals surface area contributed by atoms with Crippen molar-refractivity contribution in [2.24, 2.45) is 0 Å². The highest BCUT2D eigenvalue weighted by atomic mass is 79.9. The molecule has 0 bridgehead atoms. The molecule has 20 heavy (non-hydrogen) atoms. The molecule has 0 radical (unpaired) electrons. The topological polar surface area (TPSA) is 46.2 Å². The summed E-state index contributed by atoms with van der Waals surface area (Å²) < 4.78 is 28.1. The molecule has 0 heterocycles. The van der Waals surface area contributed by atoms with E-state index < -0.39 is 10.0 Å². The third-order valence-corrected chi connectivity index (χ3v) is 5.35. The Bertz CT molecular complexity index is 702. The summed E-state index contributed by atoms with van der Waals surface area (Å²) in [5, 5.41) is 0. The molecule has 1 N–H and O–H groups in total. The first kappa shape index (κ1) is 15.4. The molecule has 0 aliphatic heterocycles. The van der Waals surface area contributed by atoms with Crippen molar-refractivity contribution in [1.82, 2.24) is 0 Å². The minimum atomic E-state index is -3.57. The van der Waals surface area contributed by atoms with Gasteiger partial charge in [0.25, 0.3) is 10.0 Å². The number of hydrogen-bond acceptors (Lipinski definition) is 3. The smallest absolute Gasteiger partial charge is 0.261 e. The molecule has 3 nitrogen and oxygen atoms in total. The maximum Gasteiger partial charge on any atom is 0.261 e. The molecule has 106 valence electrons. The molecule has 0 saturated carbocycles. The van der Waals surface area contributed by atoms with Crippen LogP contribution in [0.15, 0.2) is 62.8 Å². The van der Waals surface area contributed by atoms with Crippen molar-refractivity contribution in [3.63, 3.8) is 0 Å². The van der Waals surface area contributed by atoms with Crippen LogP contribution in [0, 0.1) is 0 Å². The number of hydrogen-bond donors (Lipinski definition) is 1. The van der Waals surface area contributed by atoms with Crippen molar-refractivity contribution in [3.8, 4) is 0 Å². The van der Waals surface area contributed by atoms with Crippen LogP contribution in [0.2, 0.25) is 0 Å². The molecule has 2 aromatic rings. The lowest BCUT2D eigenvalue weighted by atomic mass is 10.3. The highest BCUT2D eigenvalue weighted by Crippen LogP contribution is 2.29. The van der Waals surface area contributed by atoms with E-state index in [1.165, 1.54) is 0 Å². The Morgan fingerprint density at radius 2 is 1.90 bits per heavy atom. The lowest BCUT2D eigenvalue weighted by Crippen LogP contribution is -2.13. The maximum atomic E-state index is 12.4. The molecule has 0 unspecified atom stereocenters. The second-order valence-electron chi connectivity index (χ2n) is 3.99. The number of anilines is 1. The van der Waals surface area contributed by atoms with Crippen LogP contribution < -0.4 is 4.72 Å². The van der Waals surface area contributed by atoms with Crippen molar-refractivity contribution >= 4 is 43.4 Å². The number of thioether (sulfide) groups is 1. The summed E-state index contributed by atoms with van der Waals surface area (Å²) in [4.78, 5) is 1.16. The standard InChI is InChI=1S/C14H14BrNO2S2/c1-2-19-14-9-4-3-8-13(14)16-20(17,18)12-7-5-6-11(15)10-12/h3-10,16H,2H2,1H3. The summed E-state index contributed by atoms with van der Waals surface area (Å²) in [6, 6.07) is 14.0. The zero-order valence-corrected chi connectivity index (χ0v) is 14.1. The van der Waals surface area contributed by atoms with E-state index in [9.17, 15) is 8.42 Å². The molecule has 2 rings (SSSR count). The average molecular weight is 372 g/mol. The summed E-state index contributed by atoms with van der Waals surface area (Å²) >= 11 is 4.89. The summed E-state index contributed by atoms with van der Waals surface area (Å²) in [7, 11) is -3.57. The molecule has 0 saturated heterocycles. The van der Waals surface area contributed by atoms with E-state index in [0.29, 0.717) is 5.69 Å². The fourth-order valence-corrected chi connectivity index (χ4v) is 4.17. The van der Waals surface area contributed by atoms with Gasteiger partial charge in [-0.2, -0.15) is 0 Å². The third-order valence-electron chi connectivity index (χ3n) is 2.54. The Labute approximate surface area is 132 Å². The SMILES string of the molecule is CCSc1ccccc1NS(=O)(=O)c1cccc(Br)c1. The van der Waals surface area contributed by atoms with Gasteiger partial charge < -0.3 is 0 Å². The van der Waals surface area contributed by atoms with Crippen molar-refractivity contribution in [3.05, 3.63) is 53.0 Å². The molecule has 2 aromatic carbocycles. The second-order valence-corrected chi connectivity index (χ2v) is 7.90. The first-order valence-electron chi connectivity index (χ1n) is 6.03. The van der Waals surface area contributed by atoms with Gasteiger partial charge in [0.05, 0.1) is 10.6 Å². The van der Waals surface area contributed by atoms with Gasteiger partial charge in [-0.25, -0.2) is 8.42 Å². The number of nitrogens with one attached hydrogen (secondary N) is 1. The molecule has 0 atom stereocenters. The maximum absolute atomic E-state index is 12.4. The molecule has 0 spiro atoms. The molecule has 0 amide bonds. The van der Waals surface area contributed by atoms with Gasteiger partial charge >= 0.3 is 0 Å². The molecule has 0 aromatic heterocycles. The van der Waals surface area contributed by atoms with E-state index in [1.54, 1.807) is 42.1 Å². The zero-order valence-electron chi connectivity index (χ0n) is 10.8. The molecule has 0 aliphatic rings. The summed E-state index contributed by atoms with van der Waals surface area (Å²) in [6.45, 7) is 2.03. The molecular weight excluding hydrogens is 358 g/mol.